The summed E-state index contributed by atoms with van der Waals surface area (Å²) < 4.78 is 1.94. The molecule has 3 aromatic rings. The van der Waals surface area contributed by atoms with Crippen LogP contribution in [0.5, 0.6) is 0 Å². The van der Waals surface area contributed by atoms with Gasteiger partial charge in [-0.05, 0) is 12.8 Å². The summed E-state index contributed by atoms with van der Waals surface area (Å²) in [6, 6.07) is 1.56. The number of thiazole rings is 1. The third kappa shape index (κ3) is 2.96. The predicted octanol–water partition coefficient (Wildman–Crippen LogP) is 1.43. The number of hydrogen-bond acceptors (Lipinski definition) is 5. The predicted molar refractivity (Wildman–Crippen MR) is 90.2 cm³/mol. The van der Waals surface area contributed by atoms with Gasteiger partial charge in [0.25, 0.3) is 5.56 Å². The highest BCUT2D eigenvalue weighted by molar-refractivity contribution is 7.15. The lowest BCUT2D eigenvalue weighted by molar-refractivity contribution is -0.131. The molecule has 4 heterocycles. The Hall–Kier alpha value is -2.48. The lowest BCUT2D eigenvalue weighted by atomic mass is 9.93. The topological polar surface area (TPSA) is 83.4 Å². The molecule has 1 amide bonds. The van der Waals surface area contributed by atoms with Gasteiger partial charge in [-0.3, -0.25) is 14.0 Å². The Morgan fingerprint density at radius 1 is 1.38 bits per heavy atom. The van der Waals surface area contributed by atoms with Crippen molar-refractivity contribution in [3.05, 3.63) is 51.9 Å². The molecule has 0 aliphatic carbocycles. The van der Waals surface area contributed by atoms with Crippen LogP contribution in [0.4, 0.5) is 0 Å². The molecule has 0 spiro atoms. The van der Waals surface area contributed by atoms with Crippen LogP contribution in [0.25, 0.3) is 4.96 Å². The lowest BCUT2D eigenvalue weighted by Crippen LogP contribution is -2.39. The summed E-state index contributed by atoms with van der Waals surface area (Å²) in [5.41, 5.74) is 1.50. The third-order valence-electron chi connectivity index (χ3n) is 4.44. The van der Waals surface area contributed by atoms with Crippen LogP contribution in [-0.2, 0) is 11.2 Å². The van der Waals surface area contributed by atoms with Crippen molar-refractivity contribution in [2.75, 3.05) is 13.1 Å². The van der Waals surface area contributed by atoms with E-state index >= 15 is 0 Å². The van der Waals surface area contributed by atoms with E-state index in [1.165, 1.54) is 6.33 Å². The fourth-order valence-electron chi connectivity index (χ4n) is 3.16. The molecule has 8 heteroatoms. The molecule has 1 aliphatic heterocycles. The molecule has 124 valence electrons. The second-order valence-electron chi connectivity index (χ2n) is 5.99. The molecule has 3 aromatic heterocycles. The number of imidazole rings is 1. The average molecular weight is 343 g/mol. The number of carbonyl (C=O) groups excluding carboxylic acids is 1. The molecule has 0 atom stereocenters. The Morgan fingerprint density at radius 3 is 2.96 bits per heavy atom. The van der Waals surface area contributed by atoms with Gasteiger partial charge in [-0.2, -0.15) is 0 Å². The van der Waals surface area contributed by atoms with Gasteiger partial charge in [0.05, 0.1) is 24.1 Å². The van der Waals surface area contributed by atoms with Crippen LogP contribution >= 0.6 is 11.3 Å². The van der Waals surface area contributed by atoms with Crippen LogP contribution in [0.3, 0.4) is 0 Å². The summed E-state index contributed by atoms with van der Waals surface area (Å²) in [5, 5.41) is 1.97. The molecule has 0 radical (unpaired) electrons. The summed E-state index contributed by atoms with van der Waals surface area (Å²) in [6.07, 6.45) is 7.31. The molecular weight excluding hydrogens is 326 g/mol. The van der Waals surface area contributed by atoms with Crippen LogP contribution in [0.15, 0.2) is 35.0 Å². The van der Waals surface area contributed by atoms with Crippen molar-refractivity contribution in [2.24, 2.45) is 0 Å². The number of carbonyl (C=O) groups is 1. The molecule has 4 rings (SSSR count). The van der Waals surface area contributed by atoms with E-state index in [-0.39, 0.29) is 17.4 Å². The molecule has 0 aromatic carbocycles. The minimum Gasteiger partial charge on any atom is -0.342 e. The highest BCUT2D eigenvalue weighted by Gasteiger charge is 2.25. The fraction of sp³-hybridized carbons (Fsp3) is 0.375. The summed E-state index contributed by atoms with van der Waals surface area (Å²) in [5.74, 6) is 0.354. The van der Waals surface area contributed by atoms with Crippen molar-refractivity contribution < 1.29 is 4.79 Å². The number of likely N-dealkylation sites (tertiary alicyclic amines) is 1. The average Bonchev–Trinajstić information content (AvgIpc) is 3.16. The second kappa shape index (κ2) is 6.20. The van der Waals surface area contributed by atoms with Gasteiger partial charge in [-0.25, -0.2) is 9.97 Å². The lowest BCUT2D eigenvalue weighted by Gasteiger charge is -2.31. The van der Waals surface area contributed by atoms with E-state index in [4.69, 9.17) is 0 Å². The van der Waals surface area contributed by atoms with E-state index < -0.39 is 0 Å². The van der Waals surface area contributed by atoms with E-state index in [0.29, 0.717) is 19.5 Å². The van der Waals surface area contributed by atoms with Crippen molar-refractivity contribution in [3.63, 3.8) is 0 Å². The number of amides is 1. The van der Waals surface area contributed by atoms with Gasteiger partial charge in [0.15, 0.2) is 4.96 Å². The number of rotatable bonds is 3. The number of fused-ring (bicyclic) bond motifs is 1. The maximum atomic E-state index is 12.5. The SMILES string of the molecule is O=C(Cc1cn2ccsc2n1)N1CCC(c2cc(=O)[nH]cn2)CC1. The zero-order chi connectivity index (χ0) is 16.5. The first kappa shape index (κ1) is 15.1. The van der Waals surface area contributed by atoms with Crippen molar-refractivity contribution in [2.45, 2.75) is 25.2 Å². The van der Waals surface area contributed by atoms with Crippen molar-refractivity contribution >= 4 is 22.2 Å². The fourth-order valence-corrected chi connectivity index (χ4v) is 3.88. The zero-order valence-electron chi connectivity index (χ0n) is 13.0. The Morgan fingerprint density at radius 2 is 2.21 bits per heavy atom. The van der Waals surface area contributed by atoms with Gasteiger partial charge >= 0.3 is 0 Å². The smallest absolute Gasteiger partial charge is 0.250 e. The molecule has 1 fully saturated rings. The van der Waals surface area contributed by atoms with Crippen LogP contribution in [-0.4, -0.2) is 43.2 Å². The molecule has 1 N–H and O–H groups in total. The molecule has 0 unspecified atom stereocenters. The highest BCUT2D eigenvalue weighted by atomic mass is 32.1. The van der Waals surface area contributed by atoms with Gasteiger partial charge in [0.2, 0.25) is 5.91 Å². The van der Waals surface area contributed by atoms with Crippen LogP contribution in [0.1, 0.15) is 30.1 Å². The number of aromatic amines is 1. The molecule has 1 saturated heterocycles. The minimum absolute atomic E-state index is 0.109. The Labute approximate surface area is 142 Å². The van der Waals surface area contributed by atoms with Crippen molar-refractivity contribution in [1.82, 2.24) is 24.3 Å². The second-order valence-corrected chi connectivity index (χ2v) is 6.87. The maximum absolute atomic E-state index is 12.5. The first-order chi connectivity index (χ1) is 11.7. The molecule has 1 aliphatic rings. The zero-order valence-corrected chi connectivity index (χ0v) is 13.8. The number of piperidine rings is 1. The molecule has 0 bridgehead atoms. The normalized spacial score (nSPS) is 15.9. The third-order valence-corrected chi connectivity index (χ3v) is 5.21. The maximum Gasteiger partial charge on any atom is 0.250 e. The minimum atomic E-state index is -0.127. The van der Waals surface area contributed by atoms with E-state index in [0.717, 1.165) is 29.2 Å². The van der Waals surface area contributed by atoms with E-state index in [2.05, 4.69) is 15.0 Å². The van der Waals surface area contributed by atoms with Gasteiger partial charge in [-0.15, -0.1) is 11.3 Å². The standard InChI is InChI=1S/C16H17N5O2S/c22-14-8-13(17-10-18-14)11-1-3-20(4-2-11)15(23)7-12-9-21-5-6-24-16(21)19-12/h5-6,8-11H,1-4,7H2,(H,17,18,22). The number of hydrogen-bond donors (Lipinski definition) is 1. The molecular formula is C16H17N5O2S. The summed E-state index contributed by atoms with van der Waals surface area (Å²) in [4.78, 5) is 37.9. The van der Waals surface area contributed by atoms with E-state index in [1.54, 1.807) is 17.4 Å². The first-order valence-electron chi connectivity index (χ1n) is 7.92. The quantitative estimate of drug-likeness (QED) is 0.780. The monoisotopic (exact) mass is 343 g/mol. The van der Waals surface area contributed by atoms with Crippen molar-refractivity contribution in [3.8, 4) is 0 Å². The summed E-state index contributed by atoms with van der Waals surface area (Å²) in [6.45, 7) is 1.39. The number of nitrogens with one attached hydrogen (secondary N) is 1. The summed E-state index contributed by atoms with van der Waals surface area (Å²) >= 11 is 1.56. The van der Waals surface area contributed by atoms with E-state index in [9.17, 15) is 9.59 Å². The van der Waals surface area contributed by atoms with Crippen molar-refractivity contribution in [1.29, 1.82) is 0 Å². The molecule has 24 heavy (non-hydrogen) atoms. The van der Waals surface area contributed by atoms with Crippen LogP contribution in [0.2, 0.25) is 0 Å². The van der Waals surface area contributed by atoms with Gasteiger partial charge in [0, 0.05) is 42.8 Å². The van der Waals surface area contributed by atoms with Gasteiger partial charge < -0.3 is 9.88 Å². The molecule has 0 saturated carbocycles. The molecule has 7 nitrogen and oxygen atoms in total. The Bertz CT molecular complexity index is 891. The van der Waals surface area contributed by atoms with Crippen LogP contribution < -0.4 is 5.56 Å². The van der Waals surface area contributed by atoms with Gasteiger partial charge in [0.1, 0.15) is 0 Å². The van der Waals surface area contributed by atoms with Crippen LogP contribution in [0, 0.1) is 0 Å². The van der Waals surface area contributed by atoms with E-state index in [1.807, 2.05) is 27.1 Å². The largest absolute Gasteiger partial charge is 0.342 e. The number of H-pyrrole nitrogens is 1. The Kier molecular flexibility index (Phi) is 3.89. The summed E-state index contributed by atoms with van der Waals surface area (Å²) in [7, 11) is 0. The number of nitrogens with zero attached hydrogens (tertiary/aromatic N) is 4. The number of aromatic nitrogens is 4. The Balaban J connectivity index is 1.37. The highest BCUT2D eigenvalue weighted by Crippen LogP contribution is 2.26. The van der Waals surface area contributed by atoms with Gasteiger partial charge in [-0.1, -0.05) is 0 Å². The first-order valence-corrected chi connectivity index (χ1v) is 8.80.